The van der Waals surface area contributed by atoms with Crippen LogP contribution in [0.3, 0.4) is 0 Å². The van der Waals surface area contributed by atoms with Crippen molar-refractivity contribution in [3.63, 3.8) is 0 Å². The molecule has 120 valence electrons. The fraction of sp³-hybridized carbons (Fsp3) is 0.471. The molecule has 1 aliphatic rings. The summed E-state index contributed by atoms with van der Waals surface area (Å²) in [6, 6.07) is 5.26. The Bertz CT molecular complexity index is 588. The van der Waals surface area contributed by atoms with Crippen LogP contribution in [0.4, 0.5) is 0 Å². The number of carbonyl (C=O) groups is 1. The maximum absolute atomic E-state index is 12.4. The Kier molecular flexibility index (Phi) is 5.95. The van der Waals surface area contributed by atoms with Crippen LogP contribution in [0.15, 0.2) is 29.8 Å². The van der Waals surface area contributed by atoms with Crippen molar-refractivity contribution in [1.29, 1.82) is 0 Å². The number of thiol groups is 1. The molecule has 3 nitrogen and oxygen atoms in total. The van der Waals surface area contributed by atoms with Crippen LogP contribution in [0.2, 0.25) is 5.02 Å². The molecule has 0 saturated carbocycles. The number of esters is 1. The molecule has 1 aromatic rings. The average molecular weight is 340 g/mol. The highest BCUT2D eigenvalue weighted by atomic mass is 35.5. The molecular formula is C17H22ClNO2S. The van der Waals surface area contributed by atoms with Crippen molar-refractivity contribution in [3.05, 3.63) is 46.0 Å². The standard InChI is InChI=1S/C17H22ClNO2S/c1-4-12-8-13(22)10-19(9-12)16(17(20)21-3)14-6-5-11(2)7-15(14)18/h4-7,13,16,22H,8-10H2,1-3H3/b12-4+. The fourth-order valence-corrected chi connectivity index (χ4v) is 3.65. The topological polar surface area (TPSA) is 29.5 Å². The van der Waals surface area contributed by atoms with E-state index >= 15 is 0 Å². The second kappa shape index (κ2) is 7.53. The second-order valence-electron chi connectivity index (χ2n) is 5.68. The molecule has 22 heavy (non-hydrogen) atoms. The highest BCUT2D eigenvalue weighted by Gasteiger charge is 2.34. The number of ether oxygens (including phenoxy) is 1. The van der Waals surface area contributed by atoms with Gasteiger partial charge in [-0.1, -0.05) is 35.4 Å². The number of halogens is 1. The van der Waals surface area contributed by atoms with Gasteiger partial charge in [-0.2, -0.15) is 12.6 Å². The normalized spacial score (nSPS) is 22.6. The van der Waals surface area contributed by atoms with Gasteiger partial charge in [-0.15, -0.1) is 0 Å². The minimum Gasteiger partial charge on any atom is -0.468 e. The van der Waals surface area contributed by atoms with Crippen molar-refractivity contribution < 1.29 is 9.53 Å². The molecular weight excluding hydrogens is 318 g/mol. The minimum absolute atomic E-state index is 0.205. The Morgan fingerprint density at radius 1 is 1.55 bits per heavy atom. The van der Waals surface area contributed by atoms with Gasteiger partial charge in [0.2, 0.25) is 0 Å². The zero-order chi connectivity index (χ0) is 16.3. The van der Waals surface area contributed by atoms with E-state index in [1.54, 1.807) is 0 Å². The van der Waals surface area contributed by atoms with Crippen LogP contribution in [0, 0.1) is 6.92 Å². The van der Waals surface area contributed by atoms with E-state index in [1.165, 1.54) is 12.7 Å². The van der Waals surface area contributed by atoms with Crippen molar-refractivity contribution in [2.45, 2.75) is 31.6 Å². The molecule has 0 bridgehead atoms. The predicted octanol–water partition coefficient (Wildman–Crippen LogP) is 3.81. The number of likely N-dealkylation sites (tertiary alicyclic amines) is 1. The molecule has 0 aromatic heterocycles. The van der Waals surface area contributed by atoms with E-state index < -0.39 is 6.04 Å². The number of carbonyl (C=O) groups excluding carboxylic acids is 1. The number of piperidine rings is 1. The molecule has 1 aromatic carbocycles. The number of nitrogens with zero attached hydrogens (tertiary/aromatic N) is 1. The molecule has 0 aliphatic carbocycles. The first-order valence-electron chi connectivity index (χ1n) is 7.36. The van der Waals surface area contributed by atoms with Crippen molar-refractivity contribution in [2.75, 3.05) is 20.2 Å². The maximum atomic E-state index is 12.4. The molecule has 0 amide bonds. The Morgan fingerprint density at radius 2 is 2.27 bits per heavy atom. The molecule has 0 radical (unpaired) electrons. The van der Waals surface area contributed by atoms with E-state index in [0.29, 0.717) is 5.02 Å². The molecule has 1 saturated heterocycles. The van der Waals surface area contributed by atoms with Gasteiger partial charge in [-0.05, 0) is 37.5 Å². The number of benzene rings is 1. The van der Waals surface area contributed by atoms with Crippen molar-refractivity contribution in [1.82, 2.24) is 4.90 Å². The largest absolute Gasteiger partial charge is 0.468 e. The molecule has 0 N–H and O–H groups in total. The minimum atomic E-state index is -0.497. The van der Waals surface area contributed by atoms with Gasteiger partial charge in [0.1, 0.15) is 6.04 Å². The summed E-state index contributed by atoms with van der Waals surface area (Å²) >= 11 is 11.0. The average Bonchev–Trinajstić information content (AvgIpc) is 2.48. The van der Waals surface area contributed by atoms with Crippen LogP contribution in [0.5, 0.6) is 0 Å². The van der Waals surface area contributed by atoms with Gasteiger partial charge in [0, 0.05) is 23.4 Å². The first-order chi connectivity index (χ1) is 10.5. The summed E-state index contributed by atoms with van der Waals surface area (Å²) in [5.41, 5.74) is 3.14. The number of hydrogen-bond acceptors (Lipinski definition) is 4. The summed E-state index contributed by atoms with van der Waals surface area (Å²) in [7, 11) is 1.41. The lowest BCUT2D eigenvalue weighted by atomic mass is 9.98. The van der Waals surface area contributed by atoms with Crippen molar-refractivity contribution in [3.8, 4) is 0 Å². The lowest BCUT2D eigenvalue weighted by Gasteiger charge is -2.37. The first-order valence-corrected chi connectivity index (χ1v) is 8.25. The molecule has 1 aliphatic heterocycles. The molecule has 5 heteroatoms. The van der Waals surface area contributed by atoms with Crippen LogP contribution in [0.1, 0.15) is 30.5 Å². The Balaban J connectivity index is 2.39. The fourth-order valence-electron chi connectivity index (χ4n) is 2.87. The highest BCUT2D eigenvalue weighted by molar-refractivity contribution is 7.81. The van der Waals surface area contributed by atoms with Crippen LogP contribution in [0.25, 0.3) is 0 Å². The summed E-state index contributed by atoms with van der Waals surface area (Å²) < 4.78 is 5.03. The first kappa shape index (κ1) is 17.4. The number of allylic oxidation sites excluding steroid dienone is 1. The van der Waals surface area contributed by atoms with Crippen molar-refractivity contribution >= 4 is 30.2 Å². The third-order valence-corrected chi connectivity index (χ3v) is 4.67. The number of hydrogen-bond donors (Lipinski definition) is 1. The summed E-state index contributed by atoms with van der Waals surface area (Å²) in [4.78, 5) is 14.5. The van der Waals surface area contributed by atoms with E-state index in [-0.39, 0.29) is 11.2 Å². The van der Waals surface area contributed by atoms with Gasteiger partial charge in [-0.25, -0.2) is 4.79 Å². The Labute approximate surface area is 142 Å². The SMILES string of the molecule is C/C=C1\CC(S)CN(C(C(=O)OC)c2ccc(C)cc2Cl)C1. The third-order valence-electron chi connectivity index (χ3n) is 4.00. The Hall–Kier alpha value is -0.970. The molecule has 1 heterocycles. The lowest BCUT2D eigenvalue weighted by molar-refractivity contribution is -0.147. The maximum Gasteiger partial charge on any atom is 0.327 e. The number of aryl methyl sites for hydroxylation is 1. The van der Waals surface area contributed by atoms with Crippen LogP contribution < -0.4 is 0 Å². The van der Waals surface area contributed by atoms with Gasteiger partial charge < -0.3 is 4.74 Å². The molecule has 2 atom stereocenters. The summed E-state index contributed by atoms with van der Waals surface area (Å²) in [6.07, 6.45) is 3.05. The van der Waals surface area contributed by atoms with E-state index in [1.807, 2.05) is 32.0 Å². The van der Waals surface area contributed by atoms with E-state index in [0.717, 1.165) is 30.6 Å². The van der Waals surface area contributed by atoms with Gasteiger partial charge in [0.05, 0.1) is 7.11 Å². The molecule has 2 unspecified atom stereocenters. The molecule has 2 rings (SSSR count). The van der Waals surface area contributed by atoms with Crippen LogP contribution in [-0.2, 0) is 9.53 Å². The quantitative estimate of drug-likeness (QED) is 0.516. The van der Waals surface area contributed by atoms with Crippen LogP contribution in [-0.4, -0.2) is 36.3 Å². The van der Waals surface area contributed by atoms with Gasteiger partial charge in [0.25, 0.3) is 0 Å². The lowest BCUT2D eigenvalue weighted by Crippen LogP contribution is -2.43. The van der Waals surface area contributed by atoms with Gasteiger partial charge in [-0.3, -0.25) is 4.90 Å². The zero-order valence-electron chi connectivity index (χ0n) is 13.2. The van der Waals surface area contributed by atoms with E-state index in [9.17, 15) is 4.79 Å². The van der Waals surface area contributed by atoms with Crippen LogP contribution >= 0.6 is 24.2 Å². The summed E-state index contributed by atoms with van der Waals surface area (Å²) in [5.74, 6) is -0.288. The smallest absolute Gasteiger partial charge is 0.327 e. The second-order valence-corrected chi connectivity index (χ2v) is 6.82. The zero-order valence-corrected chi connectivity index (χ0v) is 14.8. The highest BCUT2D eigenvalue weighted by Crippen LogP contribution is 2.33. The van der Waals surface area contributed by atoms with Gasteiger partial charge >= 0.3 is 5.97 Å². The van der Waals surface area contributed by atoms with Gasteiger partial charge in [0.15, 0.2) is 0 Å². The number of methoxy groups -OCH3 is 1. The number of rotatable bonds is 3. The predicted molar refractivity (Wildman–Crippen MR) is 93.7 cm³/mol. The molecule has 0 spiro atoms. The van der Waals surface area contributed by atoms with Crippen molar-refractivity contribution in [2.24, 2.45) is 0 Å². The summed E-state index contributed by atoms with van der Waals surface area (Å²) in [6.45, 7) is 5.46. The Morgan fingerprint density at radius 3 is 2.86 bits per heavy atom. The van der Waals surface area contributed by atoms with E-state index in [4.69, 9.17) is 16.3 Å². The third kappa shape index (κ3) is 3.86. The van der Waals surface area contributed by atoms with E-state index in [2.05, 4.69) is 23.6 Å². The monoisotopic (exact) mass is 339 g/mol. The molecule has 1 fully saturated rings. The summed E-state index contributed by atoms with van der Waals surface area (Å²) in [5, 5.41) is 0.801.